The van der Waals surface area contributed by atoms with Gasteiger partial charge in [0.25, 0.3) is 0 Å². The van der Waals surface area contributed by atoms with Crippen molar-refractivity contribution < 1.29 is 9.47 Å². The first-order chi connectivity index (χ1) is 9.35. The van der Waals surface area contributed by atoms with Crippen molar-refractivity contribution in [3.63, 3.8) is 0 Å². The second-order valence-corrected chi connectivity index (χ2v) is 4.50. The molecule has 19 heavy (non-hydrogen) atoms. The van der Waals surface area contributed by atoms with Crippen molar-refractivity contribution >= 4 is 0 Å². The summed E-state index contributed by atoms with van der Waals surface area (Å²) >= 11 is 0. The summed E-state index contributed by atoms with van der Waals surface area (Å²) in [6.07, 6.45) is 0.944. The van der Waals surface area contributed by atoms with Crippen LogP contribution in [0.15, 0.2) is 48.5 Å². The zero-order valence-corrected chi connectivity index (χ0v) is 10.4. The molecule has 2 aromatic rings. The average Bonchev–Trinajstić information content (AvgIpc) is 2.88. The van der Waals surface area contributed by atoms with Gasteiger partial charge in [-0.2, -0.15) is 5.26 Å². The lowest BCUT2D eigenvalue weighted by atomic mass is 10.1. The highest BCUT2D eigenvalue weighted by molar-refractivity contribution is 5.37. The Morgan fingerprint density at radius 2 is 1.95 bits per heavy atom. The number of hydrogen-bond donors (Lipinski definition) is 0. The Kier molecular flexibility index (Phi) is 3.07. The van der Waals surface area contributed by atoms with Crippen LogP contribution in [0.4, 0.5) is 0 Å². The van der Waals surface area contributed by atoms with Gasteiger partial charge in [-0.05, 0) is 35.9 Å². The highest BCUT2D eigenvalue weighted by atomic mass is 16.5. The first kappa shape index (κ1) is 11.6. The van der Waals surface area contributed by atoms with Crippen molar-refractivity contribution in [1.29, 1.82) is 5.26 Å². The number of benzene rings is 2. The van der Waals surface area contributed by atoms with Crippen LogP contribution in [-0.2, 0) is 6.42 Å². The fourth-order valence-electron chi connectivity index (χ4n) is 2.16. The zero-order valence-electron chi connectivity index (χ0n) is 10.4. The van der Waals surface area contributed by atoms with E-state index < -0.39 is 0 Å². The molecule has 0 saturated carbocycles. The van der Waals surface area contributed by atoms with Gasteiger partial charge in [0.1, 0.15) is 24.2 Å². The fourth-order valence-corrected chi connectivity index (χ4v) is 2.16. The summed E-state index contributed by atoms with van der Waals surface area (Å²) in [5.74, 6) is 1.72. The maximum atomic E-state index is 8.72. The molecule has 0 radical (unpaired) electrons. The molecule has 94 valence electrons. The van der Waals surface area contributed by atoms with Crippen LogP contribution in [0.1, 0.15) is 11.1 Å². The second kappa shape index (κ2) is 5.03. The van der Waals surface area contributed by atoms with Gasteiger partial charge in [0.15, 0.2) is 0 Å². The summed E-state index contributed by atoms with van der Waals surface area (Å²) in [6.45, 7) is 0.514. The zero-order chi connectivity index (χ0) is 13.1. The largest absolute Gasteiger partial charge is 0.490 e. The Morgan fingerprint density at radius 1 is 1.16 bits per heavy atom. The SMILES string of the molecule is N#Cc1ccc(OCC2Cc3ccccc3O2)cc1. The van der Waals surface area contributed by atoms with Gasteiger partial charge in [-0.3, -0.25) is 0 Å². The van der Waals surface area contributed by atoms with Crippen molar-refractivity contribution in [3.8, 4) is 17.6 Å². The van der Waals surface area contributed by atoms with Crippen LogP contribution < -0.4 is 9.47 Å². The van der Waals surface area contributed by atoms with Crippen molar-refractivity contribution in [1.82, 2.24) is 0 Å². The average molecular weight is 251 g/mol. The molecule has 1 heterocycles. The van der Waals surface area contributed by atoms with E-state index in [0.717, 1.165) is 17.9 Å². The van der Waals surface area contributed by atoms with E-state index in [1.165, 1.54) is 5.56 Å². The van der Waals surface area contributed by atoms with Crippen LogP contribution in [0.3, 0.4) is 0 Å². The Hall–Kier alpha value is -2.47. The summed E-state index contributed by atoms with van der Waals surface area (Å²) in [5.41, 5.74) is 1.87. The molecule has 0 aliphatic carbocycles. The van der Waals surface area contributed by atoms with Crippen LogP contribution in [0.25, 0.3) is 0 Å². The van der Waals surface area contributed by atoms with Gasteiger partial charge in [-0.25, -0.2) is 0 Å². The van der Waals surface area contributed by atoms with Crippen LogP contribution >= 0.6 is 0 Å². The summed E-state index contributed by atoms with van der Waals surface area (Å²) < 4.78 is 11.5. The van der Waals surface area contributed by atoms with Gasteiger partial charge in [0, 0.05) is 6.42 Å². The molecule has 0 amide bonds. The highest BCUT2D eigenvalue weighted by Crippen LogP contribution is 2.28. The Bertz CT molecular complexity index is 588. The predicted octanol–water partition coefficient (Wildman–Crippen LogP) is 2.94. The van der Waals surface area contributed by atoms with E-state index in [1.54, 1.807) is 24.3 Å². The topological polar surface area (TPSA) is 42.2 Å². The van der Waals surface area contributed by atoms with Gasteiger partial charge in [-0.15, -0.1) is 0 Å². The minimum absolute atomic E-state index is 0.0630. The van der Waals surface area contributed by atoms with E-state index in [4.69, 9.17) is 14.7 Å². The summed E-state index contributed by atoms with van der Waals surface area (Å²) in [7, 11) is 0. The molecule has 1 aliphatic rings. The number of nitrogens with zero attached hydrogens (tertiary/aromatic N) is 1. The van der Waals surface area contributed by atoms with Crippen molar-refractivity contribution in [2.45, 2.75) is 12.5 Å². The number of para-hydroxylation sites is 1. The summed E-state index contributed by atoms with van der Waals surface area (Å²) in [5, 5.41) is 8.72. The van der Waals surface area contributed by atoms with Gasteiger partial charge in [-0.1, -0.05) is 18.2 Å². The second-order valence-electron chi connectivity index (χ2n) is 4.50. The third-order valence-electron chi connectivity index (χ3n) is 3.13. The van der Waals surface area contributed by atoms with Crippen molar-refractivity contribution in [3.05, 3.63) is 59.7 Å². The Morgan fingerprint density at radius 3 is 2.68 bits per heavy atom. The molecule has 1 atom stereocenters. The molecule has 3 heteroatoms. The maximum absolute atomic E-state index is 8.72. The van der Waals surface area contributed by atoms with E-state index in [0.29, 0.717) is 12.2 Å². The van der Waals surface area contributed by atoms with E-state index in [-0.39, 0.29) is 6.10 Å². The number of hydrogen-bond acceptors (Lipinski definition) is 3. The third kappa shape index (κ3) is 2.53. The molecule has 0 N–H and O–H groups in total. The first-order valence-electron chi connectivity index (χ1n) is 6.22. The van der Waals surface area contributed by atoms with Gasteiger partial charge in [0.05, 0.1) is 11.6 Å². The molecule has 0 aromatic heterocycles. The number of ether oxygens (including phenoxy) is 2. The molecule has 0 bridgehead atoms. The standard InChI is InChI=1S/C16H13NO2/c17-10-12-5-7-14(8-6-12)18-11-15-9-13-3-1-2-4-16(13)19-15/h1-8,15H,9,11H2. The van der Waals surface area contributed by atoms with Crippen LogP contribution in [0.2, 0.25) is 0 Å². The minimum atomic E-state index is 0.0630. The Balaban J connectivity index is 1.58. The van der Waals surface area contributed by atoms with E-state index >= 15 is 0 Å². The minimum Gasteiger partial charge on any atom is -0.490 e. The predicted molar refractivity (Wildman–Crippen MR) is 71.2 cm³/mol. The monoisotopic (exact) mass is 251 g/mol. The molecule has 3 nitrogen and oxygen atoms in total. The molecule has 0 spiro atoms. The number of fused-ring (bicyclic) bond motifs is 1. The van der Waals surface area contributed by atoms with E-state index in [2.05, 4.69) is 12.1 Å². The number of rotatable bonds is 3. The molecule has 0 fully saturated rings. The van der Waals surface area contributed by atoms with Gasteiger partial charge in [0.2, 0.25) is 0 Å². The van der Waals surface area contributed by atoms with E-state index in [1.807, 2.05) is 18.2 Å². The van der Waals surface area contributed by atoms with Gasteiger partial charge >= 0.3 is 0 Å². The molecule has 1 aliphatic heterocycles. The lowest BCUT2D eigenvalue weighted by Crippen LogP contribution is -2.22. The van der Waals surface area contributed by atoms with Crippen LogP contribution in [0, 0.1) is 11.3 Å². The summed E-state index contributed by atoms with van der Waals surface area (Å²) in [4.78, 5) is 0. The lowest BCUT2D eigenvalue weighted by Gasteiger charge is -2.12. The molecular weight excluding hydrogens is 238 g/mol. The van der Waals surface area contributed by atoms with Crippen LogP contribution in [0.5, 0.6) is 11.5 Å². The maximum Gasteiger partial charge on any atom is 0.137 e. The molecular formula is C16H13NO2. The molecule has 2 aromatic carbocycles. The normalized spacial score (nSPS) is 16.3. The molecule has 3 rings (SSSR count). The quantitative estimate of drug-likeness (QED) is 0.842. The lowest BCUT2D eigenvalue weighted by molar-refractivity contribution is 0.148. The third-order valence-corrected chi connectivity index (χ3v) is 3.13. The van der Waals surface area contributed by atoms with Crippen molar-refractivity contribution in [2.75, 3.05) is 6.61 Å². The Labute approximate surface area is 112 Å². The molecule has 1 unspecified atom stereocenters. The first-order valence-corrected chi connectivity index (χ1v) is 6.22. The molecule has 0 saturated heterocycles. The smallest absolute Gasteiger partial charge is 0.137 e. The van der Waals surface area contributed by atoms with Gasteiger partial charge < -0.3 is 9.47 Å². The van der Waals surface area contributed by atoms with E-state index in [9.17, 15) is 0 Å². The van der Waals surface area contributed by atoms with Crippen molar-refractivity contribution in [2.24, 2.45) is 0 Å². The summed E-state index contributed by atoms with van der Waals surface area (Å²) in [6, 6.07) is 17.3. The number of nitriles is 1. The fraction of sp³-hybridized carbons (Fsp3) is 0.188. The van der Waals surface area contributed by atoms with Crippen LogP contribution in [-0.4, -0.2) is 12.7 Å². The highest BCUT2D eigenvalue weighted by Gasteiger charge is 2.22.